The number of hydrogen-bond donors (Lipinski definition) is 0. The number of benzene rings is 2. The Bertz CT molecular complexity index is 937. The number of amides is 1. The zero-order valence-electron chi connectivity index (χ0n) is 18.2. The summed E-state index contributed by atoms with van der Waals surface area (Å²) in [6.45, 7) is 5.36. The van der Waals surface area contributed by atoms with Crippen molar-refractivity contribution < 1.29 is 14.0 Å². The van der Waals surface area contributed by atoms with Crippen LogP contribution in [0.5, 0.6) is 0 Å². The molecule has 4 nitrogen and oxygen atoms in total. The largest absolute Gasteiger partial charge is 0.341 e. The van der Waals surface area contributed by atoms with E-state index in [1.165, 1.54) is 6.07 Å². The number of piperidine rings is 1. The third-order valence-electron chi connectivity index (χ3n) is 6.81. The lowest BCUT2D eigenvalue weighted by atomic mass is 9.88. The van der Waals surface area contributed by atoms with Crippen LogP contribution in [0.25, 0.3) is 11.1 Å². The van der Waals surface area contributed by atoms with E-state index in [-0.39, 0.29) is 29.5 Å². The maximum Gasteiger partial charge on any atom is 0.239 e. The van der Waals surface area contributed by atoms with Crippen molar-refractivity contribution in [3.05, 3.63) is 59.9 Å². The van der Waals surface area contributed by atoms with Gasteiger partial charge in [-0.05, 0) is 56.0 Å². The maximum atomic E-state index is 14.1. The smallest absolute Gasteiger partial charge is 0.239 e. The highest BCUT2D eigenvalue weighted by Crippen LogP contribution is 2.26. The Labute approximate surface area is 184 Å². The van der Waals surface area contributed by atoms with E-state index in [9.17, 15) is 14.0 Å². The molecule has 164 valence electrons. The quantitative estimate of drug-likeness (QED) is 0.696. The van der Waals surface area contributed by atoms with Crippen LogP contribution in [0.4, 0.5) is 4.39 Å². The molecule has 2 aliphatic rings. The Kier molecular flexibility index (Phi) is 6.81. The molecule has 0 radical (unpaired) electrons. The minimum atomic E-state index is -0.257. The molecule has 2 saturated heterocycles. The lowest BCUT2D eigenvalue weighted by Crippen LogP contribution is -2.49. The van der Waals surface area contributed by atoms with Crippen LogP contribution in [0.3, 0.4) is 0 Å². The topological polar surface area (TPSA) is 40.6 Å². The van der Waals surface area contributed by atoms with Gasteiger partial charge in [-0.15, -0.1) is 0 Å². The third-order valence-corrected chi connectivity index (χ3v) is 6.81. The van der Waals surface area contributed by atoms with Crippen LogP contribution >= 0.6 is 0 Å². The molecule has 1 atom stereocenters. The predicted octanol–water partition coefficient (Wildman–Crippen LogP) is 4.33. The van der Waals surface area contributed by atoms with E-state index in [4.69, 9.17) is 0 Å². The number of carbonyl (C=O) groups excluding carboxylic acids is 2. The van der Waals surface area contributed by atoms with Gasteiger partial charge in [0.25, 0.3) is 0 Å². The van der Waals surface area contributed by atoms with E-state index in [0.717, 1.165) is 49.9 Å². The van der Waals surface area contributed by atoms with Gasteiger partial charge in [-0.3, -0.25) is 14.5 Å². The maximum absolute atomic E-state index is 14.1. The van der Waals surface area contributed by atoms with E-state index >= 15 is 0 Å². The fourth-order valence-electron chi connectivity index (χ4n) is 5.01. The lowest BCUT2D eigenvalue weighted by molar-refractivity contribution is -0.139. The normalized spacial score (nSPS) is 20.2. The molecule has 0 saturated carbocycles. The Hall–Kier alpha value is -2.53. The second-order valence-corrected chi connectivity index (χ2v) is 8.71. The summed E-state index contributed by atoms with van der Waals surface area (Å²) in [4.78, 5) is 30.1. The first kappa shape index (κ1) is 21.7. The summed E-state index contributed by atoms with van der Waals surface area (Å²) < 4.78 is 14.1. The number of carbonyl (C=O) groups is 2. The number of halogens is 1. The minimum Gasteiger partial charge on any atom is -0.341 e. The molecule has 2 aliphatic heterocycles. The van der Waals surface area contributed by atoms with Crippen LogP contribution in [0, 0.1) is 11.7 Å². The van der Waals surface area contributed by atoms with Crippen molar-refractivity contribution in [3.63, 3.8) is 0 Å². The number of rotatable bonds is 6. The molecule has 31 heavy (non-hydrogen) atoms. The van der Waals surface area contributed by atoms with Crippen molar-refractivity contribution in [2.24, 2.45) is 5.92 Å². The van der Waals surface area contributed by atoms with Gasteiger partial charge < -0.3 is 4.90 Å². The zero-order chi connectivity index (χ0) is 21.8. The van der Waals surface area contributed by atoms with Crippen molar-refractivity contribution in [3.8, 4) is 11.1 Å². The monoisotopic (exact) mass is 422 g/mol. The number of nitrogens with zero attached hydrogens (tertiary/aromatic N) is 2. The highest BCUT2D eigenvalue weighted by Gasteiger charge is 2.35. The van der Waals surface area contributed by atoms with Gasteiger partial charge in [0, 0.05) is 31.0 Å². The Morgan fingerprint density at radius 1 is 1.00 bits per heavy atom. The molecule has 2 aromatic carbocycles. The average molecular weight is 423 g/mol. The summed E-state index contributed by atoms with van der Waals surface area (Å²) in [7, 11) is 0. The van der Waals surface area contributed by atoms with Crippen LogP contribution in [-0.2, 0) is 16.0 Å². The van der Waals surface area contributed by atoms with E-state index < -0.39 is 0 Å². The molecular formula is C26H31FN2O2. The van der Waals surface area contributed by atoms with Crippen molar-refractivity contribution in [2.45, 2.75) is 45.1 Å². The number of likely N-dealkylation sites (N-methyl/N-ethyl adjacent to an activating group) is 1. The van der Waals surface area contributed by atoms with E-state index in [0.29, 0.717) is 25.1 Å². The summed E-state index contributed by atoms with van der Waals surface area (Å²) in [6, 6.07) is 14.3. The molecule has 1 amide bonds. The van der Waals surface area contributed by atoms with Gasteiger partial charge in [-0.25, -0.2) is 4.39 Å². The van der Waals surface area contributed by atoms with Crippen LogP contribution in [-0.4, -0.2) is 53.7 Å². The zero-order valence-corrected chi connectivity index (χ0v) is 18.2. The molecule has 0 unspecified atom stereocenters. The summed E-state index contributed by atoms with van der Waals surface area (Å²) in [5.41, 5.74) is 2.26. The van der Waals surface area contributed by atoms with Crippen LogP contribution in [0.2, 0.25) is 0 Å². The molecule has 5 heteroatoms. The number of hydrogen-bond acceptors (Lipinski definition) is 3. The Morgan fingerprint density at radius 2 is 1.77 bits per heavy atom. The minimum absolute atomic E-state index is 0.00739. The predicted molar refractivity (Wildman–Crippen MR) is 120 cm³/mol. The molecule has 2 fully saturated rings. The Balaban J connectivity index is 1.34. The standard InChI is InChI=1S/C26H31FN2O2/c1-2-28-14-6-11-24(28)26(31)29-15-12-20(13-16-29)25(30)18-19-7-5-8-21(17-19)22-9-3-4-10-23(22)27/h3-5,7-10,17,20,24H,2,6,11-16,18H2,1H3/t24-/m0/s1. The third kappa shape index (κ3) is 4.87. The van der Waals surface area contributed by atoms with Gasteiger partial charge in [-0.1, -0.05) is 49.4 Å². The molecule has 0 aliphatic carbocycles. The summed E-state index contributed by atoms with van der Waals surface area (Å²) in [5, 5.41) is 0. The molecule has 0 N–H and O–H groups in total. The molecule has 0 bridgehead atoms. The van der Waals surface area contributed by atoms with Gasteiger partial charge >= 0.3 is 0 Å². The summed E-state index contributed by atoms with van der Waals surface area (Å²) in [6.07, 6.45) is 3.86. The van der Waals surface area contributed by atoms with Crippen molar-refractivity contribution in [1.29, 1.82) is 0 Å². The highest BCUT2D eigenvalue weighted by molar-refractivity contribution is 5.85. The average Bonchev–Trinajstić information content (AvgIpc) is 3.28. The van der Waals surface area contributed by atoms with Gasteiger partial charge in [0.15, 0.2) is 0 Å². The Morgan fingerprint density at radius 3 is 2.52 bits per heavy atom. The molecular weight excluding hydrogens is 391 g/mol. The SMILES string of the molecule is CCN1CCC[C@H]1C(=O)N1CCC(C(=O)Cc2cccc(-c3ccccc3F)c2)CC1. The first-order chi connectivity index (χ1) is 15.1. The van der Waals surface area contributed by atoms with E-state index in [2.05, 4.69) is 11.8 Å². The van der Waals surface area contributed by atoms with Gasteiger partial charge in [0.1, 0.15) is 11.6 Å². The molecule has 2 heterocycles. The van der Waals surface area contributed by atoms with Crippen molar-refractivity contribution >= 4 is 11.7 Å². The summed E-state index contributed by atoms with van der Waals surface area (Å²) >= 11 is 0. The second kappa shape index (κ2) is 9.73. The van der Waals surface area contributed by atoms with Gasteiger partial charge in [-0.2, -0.15) is 0 Å². The molecule has 4 rings (SSSR count). The van der Waals surface area contributed by atoms with Crippen LogP contribution < -0.4 is 0 Å². The van der Waals surface area contributed by atoms with Crippen molar-refractivity contribution in [2.75, 3.05) is 26.2 Å². The van der Waals surface area contributed by atoms with Gasteiger partial charge in [0.2, 0.25) is 5.91 Å². The first-order valence-corrected chi connectivity index (χ1v) is 11.5. The first-order valence-electron chi connectivity index (χ1n) is 11.5. The molecule has 0 spiro atoms. The summed E-state index contributed by atoms with van der Waals surface area (Å²) in [5.74, 6) is 0.190. The van der Waals surface area contributed by atoms with Crippen LogP contribution in [0.15, 0.2) is 48.5 Å². The second-order valence-electron chi connectivity index (χ2n) is 8.71. The number of likely N-dealkylation sites (tertiary alicyclic amines) is 2. The number of Topliss-reactive ketones (excluding diaryl/α,β-unsaturated/α-hetero) is 1. The van der Waals surface area contributed by atoms with E-state index in [1.807, 2.05) is 35.2 Å². The van der Waals surface area contributed by atoms with Crippen LogP contribution in [0.1, 0.15) is 38.2 Å². The lowest BCUT2D eigenvalue weighted by Gasteiger charge is -2.35. The van der Waals surface area contributed by atoms with E-state index in [1.54, 1.807) is 12.1 Å². The number of ketones is 1. The fourth-order valence-corrected chi connectivity index (χ4v) is 5.01. The fraction of sp³-hybridized carbons (Fsp3) is 0.462. The van der Waals surface area contributed by atoms with Crippen molar-refractivity contribution in [1.82, 2.24) is 9.80 Å². The van der Waals surface area contributed by atoms with Gasteiger partial charge in [0.05, 0.1) is 6.04 Å². The molecule has 2 aromatic rings. The highest BCUT2D eigenvalue weighted by atomic mass is 19.1. The molecule has 0 aromatic heterocycles.